The lowest BCUT2D eigenvalue weighted by Crippen LogP contribution is -2.08. The van der Waals surface area contributed by atoms with Crippen LogP contribution >= 0.6 is 15.9 Å². The van der Waals surface area contributed by atoms with Crippen molar-refractivity contribution in [2.24, 2.45) is 7.05 Å². The van der Waals surface area contributed by atoms with E-state index in [0.717, 1.165) is 17.8 Å². The Kier molecular flexibility index (Phi) is 4.37. The molecule has 1 unspecified atom stereocenters. The van der Waals surface area contributed by atoms with Crippen LogP contribution in [0.5, 0.6) is 0 Å². The molecule has 1 atom stereocenters. The molecule has 0 spiro atoms. The lowest BCUT2D eigenvalue weighted by atomic mass is 10.0. The number of aliphatic hydroxyl groups excluding tert-OH is 1. The van der Waals surface area contributed by atoms with Gasteiger partial charge in [-0.3, -0.25) is 4.68 Å². The van der Waals surface area contributed by atoms with Crippen molar-refractivity contribution in [3.8, 4) is 0 Å². The van der Waals surface area contributed by atoms with Crippen molar-refractivity contribution in [3.63, 3.8) is 0 Å². The van der Waals surface area contributed by atoms with E-state index in [1.54, 1.807) is 16.8 Å². The fourth-order valence-corrected chi connectivity index (χ4v) is 2.67. The van der Waals surface area contributed by atoms with Crippen LogP contribution in [0.4, 0.5) is 4.39 Å². The van der Waals surface area contributed by atoms with Gasteiger partial charge in [0.1, 0.15) is 5.82 Å². The first kappa shape index (κ1) is 14.2. The summed E-state index contributed by atoms with van der Waals surface area (Å²) in [5.41, 5.74) is 2.15. The molecule has 1 N–H and O–H groups in total. The number of aryl methyl sites for hydroxylation is 2. The summed E-state index contributed by atoms with van der Waals surface area (Å²) in [5.74, 6) is -0.403. The molecule has 3 nitrogen and oxygen atoms in total. The monoisotopic (exact) mass is 326 g/mol. The van der Waals surface area contributed by atoms with Gasteiger partial charge in [-0.2, -0.15) is 5.10 Å². The summed E-state index contributed by atoms with van der Waals surface area (Å²) in [7, 11) is 1.83. The number of hydrogen-bond acceptors (Lipinski definition) is 2. The summed E-state index contributed by atoms with van der Waals surface area (Å²) in [4.78, 5) is 0. The third kappa shape index (κ3) is 3.04. The molecule has 0 bridgehead atoms. The van der Waals surface area contributed by atoms with E-state index in [1.807, 2.05) is 20.0 Å². The summed E-state index contributed by atoms with van der Waals surface area (Å²) in [6.45, 7) is 2.02. The molecule has 102 valence electrons. The van der Waals surface area contributed by atoms with E-state index < -0.39 is 11.9 Å². The fourth-order valence-electron chi connectivity index (χ4n) is 2.06. The lowest BCUT2D eigenvalue weighted by Gasteiger charge is -2.13. The Morgan fingerprint density at radius 2 is 2.21 bits per heavy atom. The number of hydrogen-bond donors (Lipinski definition) is 1. The van der Waals surface area contributed by atoms with Crippen LogP contribution in [0, 0.1) is 5.82 Å². The van der Waals surface area contributed by atoms with Gasteiger partial charge >= 0.3 is 0 Å². The summed E-state index contributed by atoms with van der Waals surface area (Å²) < 4.78 is 16.1. The van der Waals surface area contributed by atoms with Crippen molar-refractivity contribution < 1.29 is 9.50 Å². The molecule has 0 fully saturated rings. The topological polar surface area (TPSA) is 38.0 Å². The van der Waals surface area contributed by atoms with E-state index in [2.05, 4.69) is 21.0 Å². The van der Waals surface area contributed by atoms with Crippen molar-refractivity contribution in [3.05, 3.63) is 51.5 Å². The first-order chi connectivity index (χ1) is 9.02. The third-order valence-corrected chi connectivity index (χ3v) is 3.82. The molecule has 1 heterocycles. The van der Waals surface area contributed by atoms with Crippen LogP contribution in [0.15, 0.2) is 28.7 Å². The van der Waals surface area contributed by atoms with Crippen molar-refractivity contribution >= 4 is 15.9 Å². The van der Waals surface area contributed by atoms with Gasteiger partial charge in [-0.25, -0.2) is 4.39 Å². The second kappa shape index (κ2) is 5.84. The molecule has 0 saturated heterocycles. The quantitative estimate of drug-likeness (QED) is 0.937. The zero-order chi connectivity index (χ0) is 14.0. The van der Waals surface area contributed by atoms with E-state index in [4.69, 9.17) is 0 Å². The Morgan fingerprint density at radius 3 is 2.79 bits per heavy atom. The molecule has 2 aromatic rings. The molecule has 1 aromatic heterocycles. The van der Waals surface area contributed by atoms with Crippen LogP contribution in [-0.4, -0.2) is 14.9 Å². The fraction of sp³-hybridized carbons (Fsp3) is 0.357. The molecule has 5 heteroatoms. The highest BCUT2D eigenvalue weighted by molar-refractivity contribution is 9.10. The number of rotatable bonds is 4. The number of benzene rings is 1. The number of aromatic nitrogens is 2. The molecule has 0 aliphatic heterocycles. The molecular formula is C14H16BrFN2O. The van der Waals surface area contributed by atoms with Gasteiger partial charge in [-0.05, 0) is 24.6 Å². The standard InChI is InChI=1S/C14H16BrFN2O/c1-3-9-7-10(18(2)17-9)8-13(19)14-11(15)5-4-6-12(14)16/h4-7,13,19H,3,8H2,1-2H3. The smallest absolute Gasteiger partial charge is 0.130 e. The maximum atomic E-state index is 13.8. The highest BCUT2D eigenvalue weighted by atomic mass is 79.9. The molecular weight excluding hydrogens is 311 g/mol. The van der Waals surface area contributed by atoms with Crippen molar-refractivity contribution in [2.45, 2.75) is 25.9 Å². The van der Waals surface area contributed by atoms with Gasteiger partial charge in [0, 0.05) is 29.2 Å². The Labute approximate surface area is 120 Å². The van der Waals surface area contributed by atoms with Gasteiger partial charge in [0.2, 0.25) is 0 Å². The number of nitrogens with zero attached hydrogens (tertiary/aromatic N) is 2. The minimum Gasteiger partial charge on any atom is -0.388 e. The van der Waals surface area contributed by atoms with Crippen LogP contribution in [0.2, 0.25) is 0 Å². The van der Waals surface area contributed by atoms with Crippen molar-refractivity contribution in [1.82, 2.24) is 9.78 Å². The largest absolute Gasteiger partial charge is 0.388 e. The maximum Gasteiger partial charge on any atom is 0.130 e. The Bertz CT molecular complexity index is 563. The SMILES string of the molecule is CCc1cc(CC(O)c2c(F)cccc2Br)n(C)n1. The Balaban J connectivity index is 2.25. The molecule has 1 aromatic carbocycles. The number of halogens is 2. The van der Waals surface area contributed by atoms with E-state index in [1.165, 1.54) is 6.07 Å². The van der Waals surface area contributed by atoms with Gasteiger partial charge in [0.25, 0.3) is 0 Å². The molecule has 0 aliphatic carbocycles. The van der Waals surface area contributed by atoms with Gasteiger partial charge in [-0.1, -0.05) is 28.9 Å². The third-order valence-electron chi connectivity index (χ3n) is 3.12. The zero-order valence-corrected chi connectivity index (χ0v) is 12.5. The summed E-state index contributed by atoms with van der Waals surface area (Å²) in [6.07, 6.45) is 0.284. The Morgan fingerprint density at radius 1 is 1.47 bits per heavy atom. The molecule has 0 aliphatic rings. The second-order valence-corrected chi connectivity index (χ2v) is 5.31. The molecule has 0 radical (unpaired) electrons. The maximum absolute atomic E-state index is 13.8. The van der Waals surface area contributed by atoms with Crippen LogP contribution in [0.25, 0.3) is 0 Å². The summed E-state index contributed by atoms with van der Waals surface area (Å²) >= 11 is 3.28. The van der Waals surface area contributed by atoms with Crippen LogP contribution in [0.3, 0.4) is 0 Å². The van der Waals surface area contributed by atoms with E-state index in [-0.39, 0.29) is 0 Å². The van der Waals surface area contributed by atoms with E-state index >= 15 is 0 Å². The van der Waals surface area contributed by atoms with Gasteiger partial charge in [-0.15, -0.1) is 0 Å². The van der Waals surface area contributed by atoms with Crippen LogP contribution in [-0.2, 0) is 19.9 Å². The van der Waals surface area contributed by atoms with Gasteiger partial charge in [0.15, 0.2) is 0 Å². The summed E-state index contributed by atoms with van der Waals surface area (Å²) in [6, 6.07) is 6.62. The highest BCUT2D eigenvalue weighted by Crippen LogP contribution is 2.28. The molecule has 2 rings (SSSR count). The molecule has 19 heavy (non-hydrogen) atoms. The van der Waals surface area contributed by atoms with E-state index in [9.17, 15) is 9.50 Å². The van der Waals surface area contributed by atoms with Crippen LogP contribution in [0.1, 0.15) is 30.0 Å². The van der Waals surface area contributed by atoms with Crippen molar-refractivity contribution in [2.75, 3.05) is 0 Å². The highest BCUT2D eigenvalue weighted by Gasteiger charge is 2.18. The first-order valence-electron chi connectivity index (χ1n) is 6.16. The summed E-state index contributed by atoms with van der Waals surface area (Å²) in [5, 5.41) is 14.6. The average Bonchev–Trinajstić information content (AvgIpc) is 2.70. The average molecular weight is 327 g/mol. The predicted octanol–water partition coefficient (Wildman–Crippen LogP) is 3.16. The van der Waals surface area contributed by atoms with Gasteiger partial charge in [0.05, 0.1) is 11.8 Å². The zero-order valence-electron chi connectivity index (χ0n) is 10.9. The van der Waals surface area contributed by atoms with E-state index in [0.29, 0.717) is 16.5 Å². The predicted molar refractivity (Wildman–Crippen MR) is 75.3 cm³/mol. The minimum absolute atomic E-state index is 0.293. The molecule has 0 amide bonds. The van der Waals surface area contributed by atoms with Crippen LogP contribution < -0.4 is 0 Å². The minimum atomic E-state index is -0.893. The lowest BCUT2D eigenvalue weighted by molar-refractivity contribution is 0.170. The normalized spacial score (nSPS) is 12.7. The van der Waals surface area contributed by atoms with Crippen molar-refractivity contribution in [1.29, 1.82) is 0 Å². The second-order valence-electron chi connectivity index (χ2n) is 4.46. The Hall–Kier alpha value is -1.20. The molecule has 0 saturated carbocycles. The number of aliphatic hydroxyl groups is 1. The van der Waals surface area contributed by atoms with Gasteiger partial charge < -0.3 is 5.11 Å². The first-order valence-corrected chi connectivity index (χ1v) is 6.96.